The molecule has 0 aliphatic carbocycles. The monoisotopic (exact) mass is 279 g/mol. The molecule has 0 heterocycles. The van der Waals surface area contributed by atoms with Crippen molar-refractivity contribution in [2.45, 2.75) is 33.3 Å². The molecular formula is C15H21NO4. The number of benzene rings is 1. The zero-order chi connectivity index (χ0) is 15.3. The number of carbonyl (C=O) groups excluding carboxylic acids is 2. The maximum absolute atomic E-state index is 11.9. The number of carbonyl (C=O) groups is 2. The van der Waals surface area contributed by atoms with Crippen LogP contribution in [0.5, 0.6) is 0 Å². The summed E-state index contributed by atoms with van der Waals surface area (Å²) >= 11 is 0. The summed E-state index contributed by atoms with van der Waals surface area (Å²) in [4.78, 5) is 24.8. The van der Waals surface area contributed by atoms with E-state index in [0.29, 0.717) is 17.9 Å². The smallest absolute Gasteiger partial charge is 0.414 e. The summed E-state index contributed by atoms with van der Waals surface area (Å²) in [7, 11) is 1.62. The average molecular weight is 279 g/mol. The van der Waals surface area contributed by atoms with E-state index in [0.717, 1.165) is 0 Å². The minimum absolute atomic E-state index is 0.332. The van der Waals surface area contributed by atoms with Crippen molar-refractivity contribution >= 4 is 17.7 Å². The molecule has 0 spiro atoms. The van der Waals surface area contributed by atoms with Crippen molar-refractivity contribution in [2.24, 2.45) is 0 Å². The summed E-state index contributed by atoms with van der Waals surface area (Å²) in [5.74, 6) is -0.376. The highest BCUT2D eigenvalue weighted by Crippen LogP contribution is 2.17. The zero-order valence-corrected chi connectivity index (χ0v) is 12.6. The predicted octanol–water partition coefficient (Wildman–Crippen LogP) is 3.23. The van der Waals surface area contributed by atoms with E-state index in [1.165, 1.54) is 4.90 Å². The van der Waals surface area contributed by atoms with Crippen molar-refractivity contribution in [1.29, 1.82) is 0 Å². The molecule has 0 aliphatic heterocycles. The molecular weight excluding hydrogens is 258 g/mol. The first-order valence-corrected chi connectivity index (χ1v) is 6.48. The molecule has 20 heavy (non-hydrogen) atoms. The number of hydrogen-bond donors (Lipinski definition) is 0. The molecule has 1 rings (SSSR count). The van der Waals surface area contributed by atoms with Gasteiger partial charge in [0.15, 0.2) is 0 Å². The lowest BCUT2D eigenvalue weighted by atomic mass is 10.2. The van der Waals surface area contributed by atoms with Crippen LogP contribution in [0.2, 0.25) is 0 Å². The van der Waals surface area contributed by atoms with Gasteiger partial charge >= 0.3 is 12.1 Å². The van der Waals surface area contributed by atoms with Crippen LogP contribution in [0.1, 0.15) is 38.1 Å². The Morgan fingerprint density at radius 3 is 2.15 bits per heavy atom. The topological polar surface area (TPSA) is 55.8 Å². The van der Waals surface area contributed by atoms with Crippen LogP contribution in [-0.2, 0) is 9.47 Å². The van der Waals surface area contributed by atoms with Gasteiger partial charge in [-0.25, -0.2) is 9.59 Å². The maximum Gasteiger partial charge on any atom is 0.414 e. The lowest BCUT2D eigenvalue weighted by Crippen LogP contribution is -2.34. The summed E-state index contributed by atoms with van der Waals surface area (Å²) in [6, 6.07) is 6.59. The van der Waals surface area contributed by atoms with Crippen molar-refractivity contribution < 1.29 is 19.1 Å². The Labute approximate surface area is 119 Å². The van der Waals surface area contributed by atoms with Gasteiger partial charge in [-0.3, -0.25) is 4.90 Å². The Bertz CT molecular complexity index is 474. The van der Waals surface area contributed by atoms with Gasteiger partial charge in [0.1, 0.15) is 5.60 Å². The molecule has 0 bridgehead atoms. The lowest BCUT2D eigenvalue weighted by Gasteiger charge is -2.24. The summed E-state index contributed by atoms with van der Waals surface area (Å²) in [6.07, 6.45) is -0.443. The van der Waals surface area contributed by atoms with Crippen LogP contribution in [-0.4, -0.2) is 31.3 Å². The van der Waals surface area contributed by atoms with Gasteiger partial charge in [-0.15, -0.1) is 0 Å². The zero-order valence-electron chi connectivity index (χ0n) is 12.6. The van der Waals surface area contributed by atoms with E-state index in [1.54, 1.807) is 38.2 Å². The predicted molar refractivity (Wildman–Crippen MR) is 77.0 cm³/mol. The second-order valence-electron chi connectivity index (χ2n) is 5.31. The third-order valence-electron chi connectivity index (χ3n) is 2.43. The Morgan fingerprint density at radius 1 is 1.15 bits per heavy atom. The summed E-state index contributed by atoms with van der Waals surface area (Å²) in [6.45, 7) is 7.51. The van der Waals surface area contributed by atoms with Gasteiger partial charge in [0.05, 0.1) is 12.2 Å². The molecule has 0 radical (unpaired) electrons. The number of rotatable bonds is 3. The van der Waals surface area contributed by atoms with E-state index in [4.69, 9.17) is 9.47 Å². The molecule has 0 unspecified atom stereocenters. The Kier molecular flexibility index (Phi) is 5.13. The second-order valence-corrected chi connectivity index (χ2v) is 5.31. The molecule has 110 valence electrons. The molecule has 0 saturated carbocycles. The normalized spacial score (nSPS) is 10.8. The molecule has 5 nitrogen and oxygen atoms in total. The molecule has 0 aliphatic rings. The molecule has 0 aromatic heterocycles. The number of nitrogens with zero attached hydrogens (tertiary/aromatic N) is 1. The summed E-state index contributed by atoms with van der Waals surface area (Å²) < 4.78 is 10.2. The Hall–Kier alpha value is -2.04. The minimum atomic E-state index is -0.545. The Morgan fingerprint density at radius 2 is 1.70 bits per heavy atom. The molecule has 1 amide bonds. The quantitative estimate of drug-likeness (QED) is 0.797. The number of amides is 1. The highest BCUT2D eigenvalue weighted by molar-refractivity contribution is 5.91. The van der Waals surface area contributed by atoms with Gasteiger partial charge in [-0.1, -0.05) is 0 Å². The van der Waals surface area contributed by atoms with E-state index in [2.05, 4.69) is 0 Å². The molecule has 5 heteroatoms. The van der Waals surface area contributed by atoms with Crippen LogP contribution in [0.3, 0.4) is 0 Å². The van der Waals surface area contributed by atoms with Crippen LogP contribution in [0.15, 0.2) is 24.3 Å². The van der Waals surface area contributed by atoms with E-state index in [9.17, 15) is 9.59 Å². The molecule has 0 saturated heterocycles. The number of anilines is 1. The lowest BCUT2D eigenvalue weighted by molar-refractivity contribution is 0.0525. The van der Waals surface area contributed by atoms with Gasteiger partial charge in [0.2, 0.25) is 0 Å². The SMILES string of the molecule is CCOC(=O)c1ccc(N(C)C(=O)OC(C)(C)C)cc1. The van der Waals surface area contributed by atoms with Crippen LogP contribution < -0.4 is 4.90 Å². The minimum Gasteiger partial charge on any atom is -0.462 e. The van der Waals surface area contributed by atoms with Gasteiger partial charge in [-0.05, 0) is 52.0 Å². The van der Waals surface area contributed by atoms with Crippen LogP contribution in [0.4, 0.5) is 10.5 Å². The molecule has 0 N–H and O–H groups in total. The molecule has 1 aromatic rings. The Balaban J connectivity index is 2.78. The highest BCUT2D eigenvalue weighted by atomic mass is 16.6. The first-order chi connectivity index (χ1) is 9.24. The van der Waals surface area contributed by atoms with Crippen molar-refractivity contribution in [3.63, 3.8) is 0 Å². The fraction of sp³-hybridized carbons (Fsp3) is 0.467. The van der Waals surface area contributed by atoms with Crippen LogP contribution in [0.25, 0.3) is 0 Å². The van der Waals surface area contributed by atoms with Crippen molar-refractivity contribution in [1.82, 2.24) is 0 Å². The molecule has 0 atom stereocenters. The summed E-state index contributed by atoms with van der Waals surface area (Å²) in [5, 5.41) is 0. The first-order valence-electron chi connectivity index (χ1n) is 6.48. The number of esters is 1. The standard InChI is InChI=1S/C15H21NO4/c1-6-19-13(17)11-7-9-12(10-8-11)16(5)14(18)20-15(2,3)4/h7-10H,6H2,1-5H3. The van der Waals surface area contributed by atoms with Gasteiger partial charge in [0.25, 0.3) is 0 Å². The third kappa shape index (κ3) is 4.57. The van der Waals surface area contributed by atoms with Crippen LogP contribution >= 0.6 is 0 Å². The van der Waals surface area contributed by atoms with Crippen LogP contribution in [0, 0.1) is 0 Å². The van der Waals surface area contributed by atoms with Crippen molar-refractivity contribution in [2.75, 3.05) is 18.6 Å². The second kappa shape index (κ2) is 6.41. The van der Waals surface area contributed by atoms with Crippen molar-refractivity contribution in [3.8, 4) is 0 Å². The average Bonchev–Trinajstić information content (AvgIpc) is 2.36. The molecule has 0 fully saturated rings. The van der Waals surface area contributed by atoms with Gasteiger partial charge in [-0.2, -0.15) is 0 Å². The fourth-order valence-corrected chi connectivity index (χ4v) is 1.47. The number of hydrogen-bond acceptors (Lipinski definition) is 4. The maximum atomic E-state index is 11.9. The number of ether oxygens (including phenoxy) is 2. The van der Waals surface area contributed by atoms with E-state index in [-0.39, 0.29) is 5.97 Å². The van der Waals surface area contributed by atoms with Gasteiger partial charge in [0, 0.05) is 12.7 Å². The fourth-order valence-electron chi connectivity index (χ4n) is 1.47. The van der Waals surface area contributed by atoms with E-state index < -0.39 is 11.7 Å². The highest BCUT2D eigenvalue weighted by Gasteiger charge is 2.20. The van der Waals surface area contributed by atoms with E-state index >= 15 is 0 Å². The van der Waals surface area contributed by atoms with E-state index in [1.807, 2.05) is 20.8 Å². The largest absolute Gasteiger partial charge is 0.462 e. The van der Waals surface area contributed by atoms with Crippen molar-refractivity contribution in [3.05, 3.63) is 29.8 Å². The molecule has 1 aromatic carbocycles. The first kappa shape index (κ1) is 16.0. The third-order valence-corrected chi connectivity index (χ3v) is 2.43. The summed E-state index contributed by atoms with van der Waals surface area (Å²) in [5.41, 5.74) is 0.552. The van der Waals surface area contributed by atoms with Gasteiger partial charge < -0.3 is 9.47 Å².